The molecule has 0 amide bonds. The van der Waals surface area contributed by atoms with Crippen LogP contribution in [0.25, 0.3) is 17.5 Å². The van der Waals surface area contributed by atoms with E-state index in [2.05, 4.69) is 32.8 Å². The highest BCUT2D eigenvalue weighted by atomic mass is 127. The molecule has 1 N–H and O–H groups in total. The van der Waals surface area contributed by atoms with Gasteiger partial charge in [0.15, 0.2) is 11.0 Å². The van der Waals surface area contributed by atoms with Crippen molar-refractivity contribution in [2.75, 3.05) is 0 Å². The van der Waals surface area contributed by atoms with Crippen LogP contribution in [0.3, 0.4) is 0 Å². The normalized spacial score (nSPS) is 11.6. The monoisotopic (exact) mass is 511 g/mol. The fraction of sp³-hybridized carbons (Fsp3) is 0.105. The van der Waals surface area contributed by atoms with E-state index in [4.69, 9.17) is 11.6 Å². The van der Waals surface area contributed by atoms with Crippen molar-refractivity contribution in [3.63, 3.8) is 0 Å². The summed E-state index contributed by atoms with van der Waals surface area (Å²) in [4.78, 5) is 11.9. The number of benzene rings is 2. The summed E-state index contributed by atoms with van der Waals surface area (Å²) < 4.78 is 2.93. The number of nitrogens with zero attached hydrogens (tertiary/aromatic N) is 3. The van der Waals surface area contributed by atoms with E-state index in [9.17, 15) is 9.90 Å². The predicted molar refractivity (Wildman–Crippen MR) is 117 cm³/mol. The first kappa shape index (κ1) is 19.9. The van der Waals surface area contributed by atoms with Gasteiger partial charge in [-0.2, -0.15) is 0 Å². The summed E-state index contributed by atoms with van der Waals surface area (Å²) in [5.41, 5.74) is 1.70. The molecule has 8 heteroatoms. The average molecular weight is 512 g/mol. The molecule has 27 heavy (non-hydrogen) atoms. The number of thioether (sulfide) groups is 1. The van der Waals surface area contributed by atoms with Gasteiger partial charge < -0.3 is 9.67 Å². The second-order valence-electron chi connectivity index (χ2n) is 5.53. The van der Waals surface area contributed by atoms with Crippen molar-refractivity contribution in [3.05, 3.63) is 67.6 Å². The first-order chi connectivity index (χ1) is 13.0. The van der Waals surface area contributed by atoms with Gasteiger partial charge in [0.25, 0.3) is 0 Å². The van der Waals surface area contributed by atoms with Gasteiger partial charge in [-0.15, -0.1) is 10.2 Å². The summed E-state index contributed by atoms with van der Waals surface area (Å²) in [6, 6.07) is 15.0. The molecule has 1 aromatic heterocycles. The number of hydrogen-bond acceptors (Lipinski definition) is 4. The Morgan fingerprint density at radius 3 is 2.63 bits per heavy atom. The summed E-state index contributed by atoms with van der Waals surface area (Å²) in [5.74, 6) is -0.326. The Morgan fingerprint density at radius 2 is 2.00 bits per heavy atom. The van der Waals surface area contributed by atoms with Crippen LogP contribution in [0.15, 0.2) is 58.6 Å². The molecule has 3 aromatic rings. The van der Waals surface area contributed by atoms with Gasteiger partial charge in [0.1, 0.15) is 4.91 Å². The minimum atomic E-state index is -1.00. The molecule has 3 rings (SSSR count). The molecular formula is C19H15ClIN3O2S. The standard InChI is InChI=1S/C19H15ClIN3O2S/c1-2-24-17(13-6-8-14(20)9-7-13)22-23-19(24)27-16(18(25)26)11-12-4-3-5-15(21)10-12/h3-11H,2H2,1H3,(H,25,26)/b16-11-. The van der Waals surface area contributed by atoms with E-state index in [1.54, 1.807) is 18.2 Å². The summed E-state index contributed by atoms with van der Waals surface area (Å²) in [6.07, 6.45) is 1.64. The first-order valence-electron chi connectivity index (χ1n) is 8.05. The van der Waals surface area contributed by atoms with Gasteiger partial charge in [-0.3, -0.25) is 0 Å². The summed E-state index contributed by atoms with van der Waals surface area (Å²) in [7, 11) is 0. The number of rotatable bonds is 6. The van der Waals surface area contributed by atoms with Crippen molar-refractivity contribution >= 4 is 58.0 Å². The van der Waals surface area contributed by atoms with Gasteiger partial charge >= 0.3 is 5.97 Å². The maximum Gasteiger partial charge on any atom is 0.342 e. The average Bonchev–Trinajstić information content (AvgIpc) is 3.04. The van der Waals surface area contributed by atoms with Crippen molar-refractivity contribution in [1.29, 1.82) is 0 Å². The Labute approximate surface area is 179 Å². The quantitative estimate of drug-likeness (QED) is 0.271. The molecule has 138 valence electrons. The van der Waals surface area contributed by atoms with E-state index in [1.807, 2.05) is 47.9 Å². The van der Waals surface area contributed by atoms with E-state index in [0.717, 1.165) is 26.5 Å². The predicted octanol–water partition coefficient (Wildman–Crippen LogP) is 5.44. The Morgan fingerprint density at radius 1 is 1.26 bits per heavy atom. The fourth-order valence-corrected chi connectivity index (χ4v) is 4.02. The topological polar surface area (TPSA) is 68.0 Å². The van der Waals surface area contributed by atoms with Crippen molar-refractivity contribution < 1.29 is 9.90 Å². The molecule has 0 spiro atoms. The zero-order valence-electron chi connectivity index (χ0n) is 14.3. The number of carboxylic acid groups (broad SMARTS) is 1. The molecular weight excluding hydrogens is 497 g/mol. The number of aromatic nitrogens is 3. The zero-order valence-corrected chi connectivity index (χ0v) is 18.0. The second-order valence-corrected chi connectivity index (χ2v) is 8.22. The Bertz CT molecular complexity index is 1000. The third-order valence-corrected chi connectivity index (χ3v) is 5.61. The number of carboxylic acids is 1. The van der Waals surface area contributed by atoms with Gasteiger partial charge in [0, 0.05) is 20.7 Å². The highest BCUT2D eigenvalue weighted by molar-refractivity contribution is 14.1. The molecule has 0 aliphatic heterocycles. The molecule has 5 nitrogen and oxygen atoms in total. The van der Waals surface area contributed by atoms with Gasteiger partial charge in [0.2, 0.25) is 0 Å². The largest absolute Gasteiger partial charge is 0.477 e. The maximum atomic E-state index is 11.7. The van der Waals surface area contributed by atoms with Crippen molar-refractivity contribution in [3.8, 4) is 11.4 Å². The molecule has 1 heterocycles. The van der Waals surface area contributed by atoms with Crippen LogP contribution in [0.4, 0.5) is 0 Å². The summed E-state index contributed by atoms with van der Waals surface area (Å²) in [5, 5.41) is 19.2. The zero-order chi connectivity index (χ0) is 19.4. The van der Waals surface area contributed by atoms with Crippen molar-refractivity contribution in [1.82, 2.24) is 14.8 Å². The van der Waals surface area contributed by atoms with Gasteiger partial charge in [-0.05, 0) is 89.3 Å². The minimum absolute atomic E-state index is 0.182. The van der Waals surface area contributed by atoms with Gasteiger partial charge in [0.05, 0.1) is 0 Å². The van der Waals surface area contributed by atoms with E-state index in [-0.39, 0.29) is 4.91 Å². The molecule has 0 atom stereocenters. The van der Waals surface area contributed by atoms with E-state index in [1.165, 1.54) is 0 Å². The number of carbonyl (C=O) groups is 1. The Kier molecular flexibility index (Phi) is 6.56. The molecule has 0 unspecified atom stereocenters. The van der Waals surface area contributed by atoms with Crippen LogP contribution in [-0.2, 0) is 11.3 Å². The molecule has 0 saturated heterocycles. The molecule has 0 fully saturated rings. The Hall–Kier alpha value is -1.84. The minimum Gasteiger partial charge on any atom is -0.477 e. The lowest BCUT2D eigenvalue weighted by Crippen LogP contribution is -2.02. The molecule has 2 aromatic carbocycles. The maximum absolute atomic E-state index is 11.7. The van der Waals surface area contributed by atoms with Crippen LogP contribution < -0.4 is 0 Å². The van der Waals surface area contributed by atoms with E-state index in [0.29, 0.717) is 22.5 Å². The number of aliphatic carboxylic acids is 1. The Balaban J connectivity index is 1.95. The summed E-state index contributed by atoms with van der Waals surface area (Å²) in [6.45, 7) is 2.58. The lowest BCUT2D eigenvalue weighted by molar-refractivity contribution is -0.131. The SMILES string of the molecule is CCn1c(S/C(=C\c2cccc(I)c2)C(=O)O)nnc1-c1ccc(Cl)cc1. The highest BCUT2D eigenvalue weighted by Gasteiger charge is 2.18. The van der Waals surface area contributed by atoms with Crippen LogP contribution in [0.5, 0.6) is 0 Å². The van der Waals surface area contributed by atoms with Crippen molar-refractivity contribution in [2.24, 2.45) is 0 Å². The van der Waals surface area contributed by atoms with E-state index >= 15 is 0 Å². The van der Waals surface area contributed by atoms with Crippen LogP contribution >= 0.6 is 46.0 Å². The first-order valence-corrected chi connectivity index (χ1v) is 10.3. The molecule has 0 radical (unpaired) electrons. The third-order valence-electron chi connectivity index (χ3n) is 3.69. The van der Waals surface area contributed by atoms with Crippen LogP contribution in [-0.4, -0.2) is 25.8 Å². The number of halogens is 2. The van der Waals surface area contributed by atoms with Crippen LogP contribution in [0.1, 0.15) is 12.5 Å². The fourth-order valence-electron chi connectivity index (χ4n) is 2.44. The molecule has 0 aliphatic carbocycles. The van der Waals surface area contributed by atoms with Gasteiger partial charge in [-0.1, -0.05) is 23.7 Å². The number of hydrogen-bond donors (Lipinski definition) is 1. The van der Waals surface area contributed by atoms with Gasteiger partial charge in [-0.25, -0.2) is 4.79 Å². The molecule has 0 saturated carbocycles. The van der Waals surface area contributed by atoms with Crippen LogP contribution in [0.2, 0.25) is 5.02 Å². The lowest BCUT2D eigenvalue weighted by atomic mass is 10.2. The molecule has 0 bridgehead atoms. The lowest BCUT2D eigenvalue weighted by Gasteiger charge is -2.08. The second kappa shape index (κ2) is 8.90. The summed E-state index contributed by atoms with van der Waals surface area (Å²) >= 11 is 9.24. The smallest absolute Gasteiger partial charge is 0.342 e. The highest BCUT2D eigenvalue weighted by Crippen LogP contribution is 2.31. The van der Waals surface area contributed by atoms with Crippen molar-refractivity contribution in [2.45, 2.75) is 18.6 Å². The van der Waals surface area contributed by atoms with Crippen LogP contribution in [0, 0.1) is 3.57 Å². The molecule has 0 aliphatic rings. The van der Waals surface area contributed by atoms with E-state index < -0.39 is 5.97 Å². The third kappa shape index (κ3) is 4.91.